The van der Waals surface area contributed by atoms with E-state index in [1.54, 1.807) is 47.9 Å². The molecule has 0 N–H and O–H groups in total. The lowest BCUT2D eigenvalue weighted by molar-refractivity contribution is -0.139. The van der Waals surface area contributed by atoms with Crippen molar-refractivity contribution in [3.05, 3.63) is 77.1 Å². The van der Waals surface area contributed by atoms with E-state index >= 15 is 0 Å². The van der Waals surface area contributed by atoms with E-state index in [1.165, 1.54) is 29.5 Å². The molecular formula is C21H15FN2O3S. The summed E-state index contributed by atoms with van der Waals surface area (Å²) in [7, 11) is 0. The Bertz CT molecular complexity index is 1010. The van der Waals surface area contributed by atoms with Crippen LogP contribution in [-0.4, -0.2) is 17.6 Å². The van der Waals surface area contributed by atoms with E-state index in [0.717, 1.165) is 16.1 Å². The molecule has 2 aromatic carbocycles. The fraction of sp³-hybridized carbons (Fsp3) is 0.0952. The zero-order valence-corrected chi connectivity index (χ0v) is 15.5. The third-order valence-electron chi connectivity index (χ3n) is 3.60. The van der Waals surface area contributed by atoms with Gasteiger partial charge in [0.1, 0.15) is 29.3 Å². The highest BCUT2D eigenvalue weighted by atomic mass is 32.1. The van der Waals surface area contributed by atoms with E-state index in [0.29, 0.717) is 11.4 Å². The highest BCUT2D eigenvalue weighted by Crippen LogP contribution is 2.24. The molecule has 0 spiro atoms. The molecule has 7 heteroatoms. The quantitative estimate of drug-likeness (QED) is 0.432. The van der Waals surface area contributed by atoms with Crippen molar-refractivity contribution in [1.29, 1.82) is 5.26 Å². The van der Waals surface area contributed by atoms with E-state index < -0.39 is 5.97 Å². The number of nitriles is 1. The number of esters is 1. The predicted molar refractivity (Wildman–Crippen MR) is 104 cm³/mol. The summed E-state index contributed by atoms with van der Waals surface area (Å²) in [4.78, 5) is 16.3. The molecule has 0 aliphatic carbocycles. The standard InChI is InChI=1S/C21H15FN2O3S/c22-17-6-4-16(5-7-17)21-24-18(14-28-21)13-27-20(25)10-3-15-1-8-19(9-2-15)26-12-11-23/h1-10,14H,12-13H2/b10-3+. The van der Waals surface area contributed by atoms with Crippen molar-refractivity contribution in [2.24, 2.45) is 0 Å². The number of thiazole rings is 1. The van der Waals surface area contributed by atoms with Gasteiger partial charge >= 0.3 is 5.97 Å². The molecule has 140 valence electrons. The van der Waals surface area contributed by atoms with Gasteiger partial charge in [0.2, 0.25) is 0 Å². The summed E-state index contributed by atoms with van der Waals surface area (Å²) in [6.45, 7) is 0.0445. The average molecular weight is 394 g/mol. The normalized spacial score (nSPS) is 10.6. The Morgan fingerprint density at radius 3 is 2.64 bits per heavy atom. The zero-order valence-electron chi connectivity index (χ0n) is 14.7. The number of rotatable bonds is 7. The first kappa shape index (κ1) is 19.3. The van der Waals surface area contributed by atoms with Gasteiger partial charge < -0.3 is 9.47 Å². The Kier molecular flexibility index (Phi) is 6.50. The van der Waals surface area contributed by atoms with Crippen molar-refractivity contribution in [1.82, 2.24) is 4.98 Å². The number of aromatic nitrogens is 1. The Balaban J connectivity index is 1.51. The number of benzene rings is 2. The molecule has 0 atom stereocenters. The van der Waals surface area contributed by atoms with Crippen LogP contribution < -0.4 is 4.74 Å². The third kappa shape index (κ3) is 5.50. The number of carbonyl (C=O) groups is 1. The number of nitrogens with zero attached hydrogens (tertiary/aromatic N) is 2. The molecule has 0 radical (unpaired) electrons. The van der Waals surface area contributed by atoms with Crippen LogP contribution in [0.25, 0.3) is 16.6 Å². The van der Waals surface area contributed by atoms with Crippen LogP contribution in [0, 0.1) is 17.1 Å². The third-order valence-corrected chi connectivity index (χ3v) is 4.54. The van der Waals surface area contributed by atoms with Gasteiger partial charge in [-0.2, -0.15) is 5.26 Å². The van der Waals surface area contributed by atoms with E-state index in [4.69, 9.17) is 14.7 Å². The Hall–Kier alpha value is -3.50. The molecule has 3 aromatic rings. The number of halogens is 1. The molecule has 0 saturated heterocycles. The van der Waals surface area contributed by atoms with Gasteiger partial charge in [-0.25, -0.2) is 14.2 Å². The maximum absolute atomic E-state index is 13.0. The maximum Gasteiger partial charge on any atom is 0.331 e. The Morgan fingerprint density at radius 2 is 1.93 bits per heavy atom. The van der Waals surface area contributed by atoms with Gasteiger partial charge in [0.25, 0.3) is 0 Å². The molecule has 1 aromatic heterocycles. The van der Waals surface area contributed by atoms with Crippen molar-refractivity contribution in [3.8, 4) is 22.4 Å². The SMILES string of the molecule is N#CCOc1ccc(/C=C/C(=O)OCc2csc(-c3ccc(F)cc3)n2)cc1. The van der Waals surface area contributed by atoms with Crippen LogP contribution in [-0.2, 0) is 16.1 Å². The highest BCUT2D eigenvalue weighted by molar-refractivity contribution is 7.13. The molecule has 0 aliphatic heterocycles. The lowest BCUT2D eigenvalue weighted by Crippen LogP contribution is -2.01. The molecule has 5 nitrogen and oxygen atoms in total. The zero-order chi connectivity index (χ0) is 19.8. The molecular weight excluding hydrogens is 379 g/mol. The second kappa shape index (κ2) is 9.44. The minimum Gasteiger partial charge on any atom is -0.479 e. The lowest BCUT2D eigenvalue weighted by atomic mass is 10.2. The summed E-state index contributed by atoms with van der Waals surface area (Å²) >= 11 is 1.40. The smallest absolute Gasteiger partial charge is 0.331 e. The van der Waals surface area contributed by atoms with E-state index in [1.807, 2.05) is 6.07 Å². The van der Waals surface area contributed by atoms with Gasteiger partial charge in [-0.05, 0) is 48.0 Å². The largest absolute Gasteiger partial charge is 0.479 e. The summed E-state index contributed by atoms with van der Waals surface area (Å²) in [5.41, 5.74) is 2.24. The minimum absolute atomic E-state index is 0.0129. The van der Waals surface area contributed by atoms with Gasteiger partial charge in [0.15, 0.2) is 6.61 Å². The van der Waals surface area contributed by atoms with Crippen molar-refractivity contribution < 1.29 is 18.7 Å². The molecule has 28 heavy (non-hydrogen) atoms. The number of carbonyl (C=O) groups excluding carboxylic acids is 1. The molecule has 0 amide bonds. The summed E-state index contributed by atoms with van der Waals surface area (Å²) < 4.78 is 23.3. The fourth-order valence-corrected chi connectivity index (χ4v) is 3.06. The van der Waals surface area contributed by atoms with Crippen LogP contribution >= 0.6 is 11.3 Å². The lowest BCUT2D eigenvalue weighted by Gasteiger charge is -2.01. The first-order valence-corrected chi connectivity index (χ1v) is 9.17. The highest BCUT2D eigenvalue weighted by Gasteiger charge is 2.07. The molecule has 0 saturated carbocycles. The molecule has 1 heterocycles. The van der Waals surface area contributed by atoms with Crippen molar-refractivity contribution >= 4 is 23.4 Å². The van der Waals surface area contributed by atoms with Gasteiger partial charge in [0.05, 0.1) is 5.69 Å². The summed E-state index contributed by atoms with van der Waals surface area (Å²) in [5, 5.41) is 11.0. The van der Waals surface area contributed by atoms with Gasteiger partial charge in [0, 0.05) is 17.0 Å². The first-order valence-electron chi connectivity index (χ1n) is 8.29. The van der Waals surface area contributed by atoms with E-state index in [-0.39, 0.29) is 19.0 Å². The maximum atomic E-state index is 13.0. The number of hydrogen-bond acceptors (Lipinski definition) is 6. The Morgan fingerprint density at radius 1 is 1.18 bits per heavy atom. The van der Waals surface area contributed by atoms with Crippen LogP contribution in [0.15, 0.2) is 60.0 Å². The summed E-state index contributed by atoms with van der Waals surface area (Å²) in [6, 6.07) is 14.9. The fourth-order valence-electron chi connectivity index (χ4n) is 2.25. The van der Waals surface area contributed by atoms with Gasteiger partial charge in [-0.3, -0.25) is 0 Å². The van der Waals surface area contributed by atoms with Gasteiger partial charge in [-0.15, -0.1) is 11.3 Å². The second-order valence-corrected chi connectivity index (χ2v) is 6.47. The molecule has 0 bridgehead atoms. The molecule has 0 fully saturated rings. The van der Waals surface area contributed by atoms with Crippen molar-refractivity contribution in [2.75, 3.05) is 6.61 Å². The van der Waals surface area contributed by atoms with Crippen LogP contribution in [0.3, 0.4) is 0 Å². The Labute approximate surface area is 165 Å². The summed E-state index contributed by atoms with van der Waals surface area (Å²) in [6.07, 6.45) is 2.96. The molecule has 3 rings (SSSR count). The number of hydrogen-bond donors (Lipinski definition) is 0. The second-order valence-electron chi connectivity index (χ2n) is 5.61. The molecule has 0 aliphatic rings. The van der Waals surface area contributed by atoms with Crippen LogP contribution in [0.4, 0.5) is 4.39 Å². The topological polar surface area (TPSA) is 72.2 Å². The predicted octanol–water partition coefficient (Wildman–Crippen LogP) is 4.61. The van der Waals surface area contributed by atoms with Crippen molar-refractivity contribution in [3.63, 3.8) is 0 Å². The first-order chi connectivity index (χ1) is 13.6. The average Bonchev–Trinajstić information content (AvgIpc) is 3.19. The van der Waals surface area contributed by atoms with Crippen LogP contribution in [0.5, 0.6) is 5.75 Å². The van der Waals surface area contributed by atoms with Crippen LogP contribution in [0.2, 0.25) is 0 Å². The van der Waals surface area contributed by atoms with E-state index in [2.05, 4.69) is 4.98 Å². The van der Waals surface area contributed by atoms with Crippen LogP contribution in [0.1, 0.15) is 11.3 Å². The minimum atomic E-state index is -0.485. The van der Waals surface area contributed by atoms with Crippen molar-refractivity contribution in [2.45, 2.75) is 6.61 Å². The molecule has 0 unspecified atom stereocenters. The summed E-state index contributed by atoms with van der Waals surface area (Å²) in [5.74, 6) is -0.200. The van der Waals surface area contributed by atoms with Gasteiger partial charge in [-0.1, -0.05) is 12.1 Å². The monoisotopic (exact) mass is 394 g/mol. The number of ether oxygens (including phenoxy) is 2. The van der Waals surface area contributed by atoms with E-state index in [9.17, 15) is 9.18 Å².